The minimum absolute atomic E-state index is 0.230. The fraction of sp³-hybridized carbons (Fsp3) is 0.273. The van der Waals surface area contributed by atoms with E-state index in [-0.39, 0.29) is 5.78 Å². The molecule has 0 spiro atoms. The monoisotopic (exact) mass is 330 g/mol. The molecule has 3 aromatic rings. The van der Waals surface area contributed by atoms with Crippen molar-refractivity contribution in [3.05, 3.63) is 77.5 Å². The van der Waals surface area contributed by atoms with Gasteiger partial charge in [-0.05, 0) is 41.6 Å². The van der Waals surface area contributed by atoms with E-state index in [1.165, 1.54) is 12.0 Å². The quantitative estimate of drug-likeness (QED) is 0.776. The van der Waals surface area contributed by atoms with Crippen molar-refractivity contribution in [2.24, 2.45) is 0 Å². The maximum absolute atomic E-state index is 12.5. The van der Waals surface area contributed by atoms with E-state index >= 15 is 0 Å². The van der Waals surface area contributed by atoms with Gasteiger partial charge >= 0.3 is 0 Å². The summed E-state index contributed by atoms with van der Waals surface area (Å²) in [5.74, 6) is 0.847. The van der Waals surface area contributed by atoms with Crippen LogP contribution in [0.25, 0.3) is 10.9 Å². The number of fused-ring (bicyclic) bond motifs is 1. The van der Waals surface area contributed by atoms with Gasteiger partial charge in [0.25, 0.3) is 0 Å². The molecule has 1 fully saturated rings. The zero-order valence-electron chi connectivity index (χ0n) is 14.2. The molecular formula is C22H22N2O. The highest BCUT2D eigenvalue weighted by molar-refractivity contribution is 5.89. The van der Waals surface area contributed by atoms with Crippen LogP contribution in [0, 0.1) is 0 Å². The Morgan fingerprint density at radius 2 is 1.88 bits per heavy atom. The summed E-state index contributed by atoms with van der Waals surface area (Å²) in [4.78, 5) is 17.0. The number of para-hydroxylation sites is 1. The number of nitrogens with zero attached hydrogens (tertiary/aromatic N) is 1. The molecule has 1 saturated heterocycles. The van der Waals surface area contributed by atoms with Crippen LogP contribution in [0.1, 0.15) is 29.0 Å². The number of benzene rings is 2. The zero-order chi connectivity index (χ0) is 17.1. The summed E-state index contributed by atoms with van der Waals surface area (Å²) in [5.41, 5.74) is 4.41. The third-order valence-corrected chi connectivity index (χ3v) is 5.02. The molecule has 1 unspecified atom stereocenters. The van der Waals surface area contributed by atoms with Crippen LogP contribution in [0.5, 0.6) is 0 Å². The Bertz CT molecular complexity index is 875. The second-order valence-corrected chi connectivity index (χ2v) is 6.82. The summed E-state index contributed by atoms with van der Waals surface area (Å²) < 4.78 is 0. The molecule has 126 valence electrons. The number of hydrogen-bond donors (Lipinski definition) is 1. The number of ketones is 1. The second-order valence-electron chi connectivity index (χ2n) is 6.82. The Hall–Kier alpha value is -2.52. The largest absolute Gasteiger partial charge is 0.316 e. The minimum atomic E-state index is 0.230. The van der Waals surface area contributed by atoms with Crippen LogP contribution in [0.3, 0.4) is 0 Å². The van der Waals surface area contributed by atoms with Crippen molar-refractivity contribution in [3.63, 3.8) is 0 Å². The topological polar surface area (TPSA) is 42.0 Å². The van der Waals surface area contributed by atoms with Crippen LogP contribution >= 0.6 is 0 Å². The van der Waals surface area contributed by atoms with Crippen LogP contribution in [0.15, 0.2) is 60.8 Å². The molecule has 0 amide bonds. The van der Waals surface area contributed by atoms with Gasteiger partial charge in [-0.1, -0.05) is 48.5 Å². The molecule has 1 aliphatic rings. The van der Waals surface area contributed by atoms with Gasteiger partial charge in [0.2, 0.25) is 0 Å². The van der Waals surface area contributed by atoms with Gasteiger partial charge in [0.1, 0.15) is 5.78 Å². The summed E-state index contributed by atoms with van der Waals surface area (Å²) in [7, 11) is 0. The molecule has 1 aromatic heterocycles. The maximum Gasteiger partial charge on any atom is 0.141 e. The Balaban J connectivity index is 1.44. The first-order valence-corrected chi connectivity index (χ1v) is 8.93. The Kier molecular flexibility index (Phi) is 4.57. The molecule has 25 heavy (non-hydrogen) atoms. The molecule has 1 N–H and O–H groups in total. The molecule has 1 aliphatic heterocycles. The Morgan fingerprint density at radius 3 is 2.68 bits per heavy atom. The number of carbonyl (C=O) groups is 1. The molecule has 3 heteroatoms. The van der Waals surface area contributed by atoms with E-state index in [0.717, 1.165) is 35.1 Å². The van der Waals surface area contributed by atoms with E-state index < -0.39 is 0 Å². The number of nitrogens with one attached hydrogen (secondary N) is 1. The number of carbonyl (C=O) groups excluding carboxylic acids is 1. The predicted molar refractivity (Wildman–Crippen MR) is 101 cm³/mol. The molecule has 1 atom stereocenters. The zero-order valence-corrected chi connectivity index (χ0v) is 14.2. The molecule has 4 rings (SSSR count). The fourth-order valence-corrected chi connectivity index (χ4v) is 3.66. The standard InChI is InChI=1S/C22H22N2O/c25-21(14-19-4-1-3-18-5-2-11-24-22(18)19)13-16-6-8-17(9-7-16)20-10-12-23-15-20/h1-9,11,20,23H,10,12-15H2. The number of hydrogen-bond acceptors (Lipinski definition) is 3. The normalized spacial score (nSPS) is 17.0. The van der Waals surface area contributed by atoms with Gasteiger partial charge in [-0.15, -0.1) is 0 Å². The average Bonchev–Trinajstić information content (AvgIpc) is 3.17. The molecule has 0 aliphatic carbocycles. The molecule has 2 heterocycles. The summed E-state index contributed by atoms with van der Waals surface area (Å²) in [6.07, 6.45) is 3.90. The smallest absolute Gasteiger partial charge is 0.141 e. The van der Waals surface area contributed by atoms with Gasteiger partial charge in [-0.25, -0.2) is 0 Å². The van der Waals surface area contributed by atoms with E-state index in [4.69, 9.17) is 0 Å². The van der Waals surface area contributed by atoms with Crippen LogP contribution in [0.2, 0.25) is 0 Å². The van der Waals surface area contributed by atoms with Crippen LogP contribution in [-0.4, -0.2) is 23.9 Å². The second kappa shape index (κ2) is 7.16. The van der Waals surface area contributed by atoms with Crippen molar-refractivity contribution >= 4 is 16.7 Å². The molecule has 2 aromatic carbocycles. The lowest BCUT2D eigenvalue weighted by atomic mass is 9.95. The number of rotatable bonds is 5. The van der Waals surface area contributed by atoms with Crippen molar-refractivity contribution in [2.45, 2.75) is 25.2 Å². The van der Waals surface area contributed by atoms with Crippen molar-refractivity contribution in [2.75, 3.05) is 13.1 Å². The van der Waals surface area contributed by atoms with E-state index in [0.29, 0.717) is 18.8 Å². The van der Waals surface area contributed by atoms with Gasteiger partial charge in [0.05, 0.1) is 5.52 Å². The maximum atomic E-state index is 12.5. The van der Waals surface area contributed by atoms with Crippen LogP contribution < -0.4 is 5.32 Å². The highest BCUT2D eigenvalue weighted by Gasteiger charge is 2.16. The molecular weight excluding hydrogens is 308 g/mol. The van der Waals surface area contributed by atoms with Crippen molar-refractivity contribution in [1.82, 2.24) is 10.3 Å². The highest BCUT2D eigenvalue weighted by atomic mass is 16.1. The van der Waals surface area contributed by atoms with E-state index in [9.17, 15) is 4.79 Å². The van der Waals surface area contributed by atoms with Gasteiger partial charge in [-0.2, -0.15) is 0 Å². The molecule has 0 radical (unpaired) electrons. The summed E-state index contributed by atoms with van der Waals surface area (Å²) in [6, 6.07) is 18.6. The Labute approximate surface area is 148 Å². The van der Waals surface area contributed by atoms with Crippen LogP contribution in [0.4, 0.5) is 0 Å². The third-order valence-electron chi connectivity index (χ3n) is 5.02. The SMILES string of the molecule is O=C(Cc1ccc(C2CCNC2)cc1)Cc1cccc2cccnc12. The van der Waals surface area contributed by atoms with Crippen molar-refractivity contribution in [3.8, 4) is 0 Å². The van der Waals surface area contributed by atoms with Gasteiger partial charge in [-0.3, -0.25) is 9.78 Å². The summed E-state index contributed by atoms with van der Waals surface area (Å²) in [5, 5.41) is 4.48. The minimum Gasteiger partial charge on any atom is -0.316 e. The summed E-state index contributed by atoms with van der Waals surface area (Å²) >= 11 is 0. The van der Waals surface area contributed by atoms with E-state index in [2.05, 4.69) is 34.6 Å². The molecule has 0 saturated carbocycles. The lowest BCUT2D eigenvalue weighted by molar-refractivity contribution is -0.117. The molecule has 3 nitrogen and oxygen atoms in total. The number of Topliss-reactive ketones (excluding diaryl/α,β-unsaturated/α-hetero) is 1. The average molecular weight is 330 g/mol. The number of pyridine rings is 1. The lowest BCUT2D eigenvalue weighted by Crippen LogP contribution is -2.09. The van der Waals surface area contributed by atoms with Crippen molar-refractivity contribution < 1.29 is 4.79 Å². The fourth-order valence-electron chi connectivity index (χ4n) is 3.66. The number of aromatic nitrogens is 1. The first-order valence-electron chi connectivity index (χ1n) is 8.93. The lowest BCUT2D eigenvalue weighted by Gasteiger charge is -2.10. The summed E-state index contributed by atoms with van der Waals surface area (Å²) in [6.45, 7) is 2.16. The molecule has 0 bridgehead atoms. The van der Waals surface area contributed by atoms with E-state index in [1.807, 2.05) is 30.3 Å². The van der Waals surface area contributed by atoms with Gasteiger partial charge in [0, 0.05) is 31.0 Å². The van der Waals surface area contributed by atoms with E-state index in [1.54, 1.807) is 6.20 Å². The predicted octanol–water partition coefficient (Wildman–Crippen LogP) is 3.67. The first-order chi connectivity index (χ1) is 12.3. The Morgan fingerprint density at radius 1 is 1.04 bits per heavy atom. The van der Waals surface area contributed by atoms with Gasteiger partial charge < -0.3 is 5.32 Å². The van der Waals surface area contributed by atoms with Crippen LogP contribution in [-0.2, 0) is 17.6 Å². The van der Waals surface area contributed by atoms with Crippen molar-refractivity contribution in [1.29, 1.82) is 0 Å². The van der Waals surface area contributed by atoms with Gasteiger partial charge in [0.15, 0.2) is 0 Å². The first kappa shape index (κ1) is 16.0. The highest BCUT2D eigenvalue weighted by Crippen LogP contribution is 2.23. The third kappa shape index (κ3) is 3.62.